The first-order valence-corrected chi connectivity index (χ1v) is 4.19. The minimum atomic E-state index is -0.225. The Morgan fingerprint density at radius 2 is 1.53 bits per heavy atom. The van der Waals surface area contributed by atoms with E-state index in [-0.39, 0.29) is 28.9 Å². The molecule has 0 aliphatic carbocycles. The molecular weight excluding hydrogens is 200 g/mol. The van der Waals surface area contributed by atoms with Gasteiger partial charge in [0.15, 0.2) is 11.5 Å². The molecule has 0 saturated heterocycles. The number of nitrogens with zero attached hydrogens (tertiary/aromatic N) is 2. The lowest BCUT2D eigenvalue weighted by atomic mass is 10.2. The van der Waals surface area contributed by atoms with E-state index in [1.165, 1.54) is 28.3 Å². The Morgan fingerprint density at radius 3 is 1.93 bits per heavy atom. The molecule has 0 saturated carbocycles. The molecular formula is C9H12N2O4. The molecule has 82 valence electrons. The maximum atomic E-state index is 11.4. The summed E-state index contributed by atoms with van der Waals surface area (Å²) < 4.78 is 14.9. The summed E-state index contributed by atoms with van der Waals surface area (Å²) >= 11 is 0. The van der Waals surface area contributed by atoms with Crippen LogP contribution in [0.4, 0.5) is 0 Å². The first-order chi connectivity index (χ1) is 7.15. The van der Waals surface area contributed by atoms with E-state index in [1.54, 1.807) is 0 Å². The van der Waals surface area contributed by atoms with E-state index < -0.39 is 0 Å². The van der Waals surface area contributed by atoms with Crippen LogP contribution in [0.25, 0.3) is 0 Å². The van der Waals surface area contributed by atoms with Crippen molar-refractivity contribution in [1.82, 2.24) is 10.2 Å². The van der Waals surface area contributed by atoms with Gasteiger partial charge in [-0.15, -0.1) is 10.2 Å². The zero-order valence-corrected chi connectivity index (χ0v) is 9.03. The molecule has 6 heteroatoms. The second kappa shape index (κ2) is 4.59. The van der Waals surface area contributed by atoms with Crippen LogP contribution < -0.4 is 14.2 Å². The summed E-state index contributed by atoms with van der Waals surface area (Å²) in [4.78, 5) is 11.4. The van der Waals surface area contributed by atoms with Crippen LogP contribution in [0.5, 0.6) is 17.5 Å². The predicted octanol–water partition coefficient (Wildman–Crippen LogP) is 0.705. The van der Waals surface area contributed by atoms with Crippen LogP contribution in [0.15, 0.2) is 0 Å². The van der Waals surface area contributed by atoms with Crippen molar-refractivity contribution < 1.29 is 19.0 Å². The lowest BCUT2D eigenvalue weighted by Gasteiger charge is -2.11. The van der Waals surface area contributed by atoms with E-state index in [0.717, 1.165) is 0 Å². The number of hydrogen-bond donors (Lipinski definition) is 0. The van der Waals surface area contributed by atoms with Crippen LogP contribution in [0, 0.1) is 0 Å². The van der Waals surface area contributed by atoms with Crippen molar-refractivity contribution in [3.05, 3.63) is 5.56 Å². The molecule has 0 amide bonds. The van der Waals surface area contributed by atoms with Gasteiger partial charge in [0.25, 0.3) is 5.88 Å². The molecule has 0 aromatic carbocycles. The largest absolute Gasteiger partial charge is 0.490 e. The smallest absolute Gasteiger partial charge is 0.277 e. The highest BCUT2D eigenvalue weighted by atomic mass is 16.5. The number of rotatable bonds is 4. The Morgan fingerprint density at radius 1 is 1.00 bits per heavy atom. The standard InChI is InChI=1S/C9H12N2O4/c1-5(12)6-7(13-2)9(15-4)11-10-8(6)14-3/h1-4H3. The molecule has 0 aliphatic rings. The third-order valence-electron chi connectivity index (χ3n) is 1.81. The van der Waals surface area contributed by atoms with Gasteiger partial charge in [-0.05, 0) is 6.92 Å². The lowest BCUT2D eigenvalue weighted by molar-refractivity contribution is 0.100. The highest BCUT2D eigenvalue weighted by molar-refractivity contribution is 5.99. The molecule has 0 bridgehead atoms. The van der Waals surface area contributed by atoms with Crippen molar-refractivity contribution in [2.75, 3.05) is 21.3 Å². The molecule has 1 aromatic heterocycles. The Balaban J connectivity index is 3.44. The fourth-order valence-electron chi connectivity index (χ4n) is 1.17. The van der Waals surface area contributed by atoms with Crippen molar-refractivity contribution in [2.45, 2.75) is 6.92 Å². The molecule has 0 unspecified atom stereocenters. The highest BCUT2D eigenvalue weighted by Gasteiger charge is 2.21. The molecule has 15 heavy (non-hydrogen) atoms. The van der Waals surface area contributed by atoms with Gasteiger partial charge in [-0.3, -0.25) is 4.79 Å². The Kier molecular flexibility index (Phi) is 3.43. The molecule has 0 spiro atoms. The number of carbonyl (C=O) groups is 1. The van der Waals surface area contributed by atoms with Gasteiger partial charge in [0, 0.05) is 0 Å². The highest BCUT2D eigenvalue weighted by Crippen LogP contribution is 2.33. The molecule has 0 aliphatic heterocycles. The molecule has 0 N–H and O–H groups in total. The number of aromatic nitrogens is 2. The lowest BCUT2D eigenvalue weighted by Crippen LogP contribution is -2.07. The van der Waals surface area contributed by atoms with Crippen molar-refractivity contribution in [2.24, 2.45) is 0 Å². The number of methoxy groups -OCH3 is 3. The van der Waals surface area contributed by atoms with Crippen LogP contribution in [0.3, 0.4) is 0 Å². The maximum Gasteiger partial charge on any atom is 0.277 e. The molecule has 0 fully saturated rings. The normalized spacial score (nSPS) is 9.60. The van der Waals surface area contributed by atoms with Crippen molar-refractivity contribution >= 4 is 5.78 Å². The summed E-state index contributed by atoms with van der Waals surface area (Å²) in [6, 6.07) is 0. The van der Waals surface area contributed by atoms with Crippen molar-refractivity contribution in [3.8, 4) is 17.5 Å². The molecule has 1 rings (SSSR count). The van der Waals surface area contributed by atoms with E-state index in [2.05, 4.69) is 10.2 Å². The molecule has 0 atom stereocenters. The number of carbonyl (C=O) groups excluding carboxylic acids is 1. The summed E-state index contributed by atoms with van der Waals surface area (Å²) in [5.41, 5.74) is 0.229. The first-order valence-electron chi connectivity index (χ1n) is 4.19. The monoisotopic (exact) mass is 212 g/mol. The zero-order chi connectivity index (χ0) is 11.4. The average Bonchev–Trinajstić information content (AvgIpc) is 2.26. The quantitative estimate of drug-likeness (QED) is 0.684. The van der Waals surface area contributed by atoms with E-state index >= 15 is 0 Å². The number of ether oxygens (including phenoxy) is 3. The van der Waals surface area contributed by atoms with E-state index in [4.69, 9.17) is 14.2 Å². The van der Waals surface area contributed by atoms with Crippen LogP contribution in [0.1, 0.15) is 17.3 Å². The zero-order valence-electron chi connectivity index (χ0n) is 9.03. The van der Waals surface area contributed by atoms with Gasteiger partial charge in [0.05, 0.1) is 21.3 Å². The number of Topliss-reactive ketones (excluding diaryl/α,β-unsaturated/α-hetero) is 1. The van der Waals surface area contributed by atoms with Gasteiger partial charge in [-0.2, -0.15) is 0 Å². The number of hydrogen-bond acceptors (Lipinski definition) is 6. The van der Waals surface area contributed by atoms with Crippen LogP contribution in [-0.4, -0.2) is 37.3 Å². The Hall–Kier alpha value is -1.85. The van der Waals surface area contributed by atoms with Crippen LogP contribution in [-0.2, 0) is 0 Å². The third kappa shape index (κ3) is 1.98. The van der Waals surface area contributed by atoms with Gasteiger partial charge in [-0.1, -0.05) is 0 Å². The summed E-state index contributed by atoms with van der Waals surface area (Å²) in [6.07, 6.45) is 0. The van der Waals surface area contributed by atoms with Crippen molar-refractivity contribution in [3.63, 3.8) is 0 Å². The van der Waals surface area contributed by atoms with Crippen molar-refractivity contribution in [1.29, 1.82) is 0 Å². The molecule has 6 nitrogen and oxygen atoms in total. The SMILES string of the molecule is COc1nnc(OC)c(C(C)=O)c1OC. The average molecular weight is 212 g/mol. The van der Waals surface area contributed by atoms with E-state index in [1.807, 2.05) is 0 Å². The van der Waals surface area contributed by atoms with Crippen LogP contribution >= 0.6 is 0 Å². The molecule has 1 heterocycles. The van der Waals surface area contributed by atoms with Gasteiger partial charge in [0.2, 0.25) is 5.88 Å². The minimum absolute atomic E-state index is 0.125. The summed E-state index contributed by atoms with van der Waals surface area (Å²) in [6.45, 7) is 1.39. The second-order valence-corrected chi connectivity index (χ2v) is 2.68. The van der Waals surface area contributed by atoms with E-state index in [9.17, 15) is 4.79 Å². The second-order valence-electron chi connectivity index (χ2n) is 2.68. The third-order valence-corrected chi connectivity index (χ3v) is 1.81. The first kappa shape index (κ1) is 11.2. The Bertz CT molecular complexity index is 379. The molecule has 1 aromatic rings. The van der Waals surface area contributed by atoms with Gasteiger partial charge < -0.3 is 14.2 Å². The topological polar surface area (TPSA) is 70.5 Å². The fraction of sp³-hybridized carbons (Fsp3) is 0.444. The molecule has 0 radical (unpaired) electrons. The van der Waals surface area contributed by atoms with Crippen LogP contribution in [0.2, 0.25) is 0 Å². The Labute approximate surface area is 87.2 Å². The summed E-state index contributed by atoms with van der Waals surface area (Å²) in [5, 5.41) is 7.41. The van der Waals surface area contributed by atoms with Gasteiger partial charge in [-0.25, -0.2) is 0 Å². The predicted molar refractivity (Wildman–Crippen MR) is 51.7 cm³/mol. The maximum absolute atomic E-state index is 11.4. The van der Waals surface area contributed by atoms with Gasteiger partial charge in [0.1, 0.15) is 5.56 Å². The minimum Gasteiger partial charge on any atom is -0.490 e. The summed E-state index contributed by atoms with van der Waals surface area (Å²) in [7, 11) is 4.25. The number of ketones is 1. The summed E-state index contributed by atoms with van der Waals surface area (Å²) in [5.74, 6) is 0.289. The van der Waals surface area contributed by atoms with E-state index in [0.29, 0.717) is 0 Å². The van der Waals surface area contributed by atoms with Gasteiger partial charge >= 0.3 is 0 Å². The fourth-order valence-corrected chi connectivity index (χ4v) is 1.17.